The van der Waals surface area contributed by atoms with E-state index in [1.165, 1.54) is 5.56 Å². The minimum atomic E-state index is 0.159. The molecule has 0 spiro atoms. The lowest BCUT2D eigenvalue weighted by atomic mass is 9.85. The van der Waals surface area contributed by atoms with Crippen LogP contribution in [0.4, 0.5) is 0 Å². The molecule has 1 rings (SSSR count). The molecular formula is C17H28N2O. The van der Waals surface area contributed by atoms with Crippen LogP contribution in [0.25, 0.3) is 0 Å². The second-order valence-electron chi connectivity index (χ2n) is 5.97. The third-order valence-electron chi connectivity index (χ3n) is 3.54. The van der Waals surface area contributed by atoms with Crippen LogP contribution in [-0.2, 0) is 4.79 Å². The van der Waals surface area contributed by atoms with Gasteiger partial charge in [0.15, 0.2) is 0 Å². The fraction of sp³-hybridized carbons (Fsp3) is 0.588. The highest BCUT2D eigenvalue weighted by Crippen LogP contribution is 2.27. The fourth-order valence-corrected chi connectivity index (χ4v) is 2.33. The molecule has 3 nitrogen and oxygen atoms in total. The van der Waals surface area contributed by atoms with E-state index in [1.807, 2.05) is 32.3 Å². The summed E-state index contributed by atoms with van der Waals surface area (Å²) >= 11 is 0. The summed E-state index contributed by atoms with van der Waals surface area (Å²) in [4.78, 5) is 14.2. The van der Waals surface area contributed by atoms with Crippen molar-refractivity contribution in [3.8, 4) is 0 Å². The van der Waals surface area contributed by atoms with Gasteiger partial charge in [-0.15, -0.1) is 0 Å². The summed E-state index contributed by atoms with van der Waals surface area (Å²) in [6.45, 7) is 6.12. The Kier molecular flexibility index (Phi) is 7.31. The zero-order valence-corrected chi connectivity index (χ0v) is 13.2. The molecule has 0 fully saturated rings. The maximum absolute atomic E-state index is 12.1. The molecular weight excluding hydrogens is 248 g/mol. The minimum absolute atomic E-state index is 0.159. The van der Waals surface area contributed by atoms with Crippen molar-refractivity contribution in [1.82, 2.24) is 10.2 Å². The molecule has 1 N–H and O–H groups in total. The summed E-state index contributed by atoms with van der Waals surface area (Å²) in [6.07, 6.45) is 1.57. The lowest BCUT2D eigenvalue weighted by Crippen LogP contribution is -2.29. The number of nitrogens with one attached hydrogen (secondary N) is 1. The Bertz CT molecular complexity index is 387. The van der Waals surface area contributed by atoms with Crippen LogP contribution in [0.15, 0.2) is 30.3 Å². The predicted octanol–water partition coefficient (Wildman–Crippen LogP) is 2.88. The zero-order valence-electron chi connectivity index (χ0n) is 13.2. The van der Waals surface area contributed by atoms with Crippen molar-refractivity contribution in [2.24, 2.45) is 5.92 Å². The highest BCUT2D eigenvalue weighted by molar-refractivity contribution is 5.76. The van der Waals surface area contributed by atoms with Gasteiger partial charge in [-0.1, -0.05) is 44.2 Å². The molecule has 3 heteroatoms. The standard InChI is InChI=1S/C17H28N2O/c1-14(2)16(15-9-6-5-7-10-15)13-17(20)18-11-8-12-19(3)4/h5-7,9-10,14,16H,8,11-13H2,1-4H3,(H,18,20)/t16-/m1/s1. The lowest BCUT2D eigenvalue weighted by Gasteiger charge is -2.21. The van der Waals surface area contributed by atoms with Crippen LogP contribution >= 0.6 is 0 Å². The van der Waals surface area contributed by atoms with Gasteiger partial charge >= 0.3 is 0 Å². The topological polar surface area (TPSA) is 32.3 Å². The average molecular weight is 276 g/mol. The molecule has 0 radical (unpaired) electrons. The summed E-state index contributed by atoms with van der Waals surface area (Å²) < 4.78 is 0. The normalized spacial score (nSPS) is 12.7. The Labute approximate surface area is 123 Å². The molecule has 1 aromatic rings. The number of nitrogens with zero attached hydrogens (tertiary/aromatic N) is 1. The second kappa shape index (κ2) is 8.75. The van der Waals surface area contributed by atoms with Crippen LogP contribution < -0.4 is 5.32 Å². The fourth-order valence-electron chi connectivity index (χ4n) is 2.33. The van der Waals surface area contributed by atoms with Gasteiger partial charge in [-0.2, -0.15) is 0 Å². The van der Waals surface area contributed by atoms with E-state index in [0.717, 1.165) is 19.5 Å². The molecule has 112 valence electrons. The van der Waals surface area contributed by atoms with E-state index in [2.05, 4.69) is 36.2 Å². The van der Waals surface area contributed by atoms with E-state index in [0.29, 0.717) is 18.3 Å². The van der Waals surface area contributed by atoms with Gasteiger partial charge in [0.25, 0.3) is 0 Å². The maximum Gasteiger partial charge on any atom is 0.220 e. The van der Waals surface area contributed by atoms with E-state index in [-0.39, 0.29) is 5.91 Å². The molecule has 0 saturated heterocycles. The SMILES string of the molecule is CC(C)[C@@H](CC(=O)NCCCN(C)C)c1ccccc1. The first-order valence-electron chi connectivity index (χ1n) is 7.47. The van der Waals surface area contributed by atoms with Crippen LogP contribution in [0, 0.1) is 5.92 Å². The molecule has 0 saturated carbocycles. The summed E-state index contributed by atoms with van der Waals surface area (Å²) in [5.74, 6) is 0.918. The predicted molar refractivity (Wildman–Crippen MR) is 84.8 cm³/mol. The Hall–Kier alpha value is -1.35. The number of benzene rings is 1. The number of hydrogen-bond donors (Lipinski definition) is 1. The first kappa shape index (κ1) is 16.7. The van der Waals surface area contributed by atoms with Gasteiger partial charge < -0.3 is 10.2 Å². The maximum atomic E-state index is 12.1. The Morgan fingerprint density at radius 3 is 2.40 bits per heavy atom. The van der Waals surface area contributed by atoms with E-state index < -0.39 is 0 Å². The van der Waals surface area contributed by atoms with Gasteiger partial charge in [0.2, 0.25) is 5.91 Å². The molecule has 0 aliphatic rings. The molecule has 0 aromatic heterocycles. The summed E-state index contributed by atoms with van der Waals surface area (Å²) in [5, 5.41) is 3.03. The third-order valence-corrected chi connectivity index (χ3v) is 3.54. The van der Waals surface area contributed by atoms with Gasteiger partial charge in [-0.3, -0.25) is 4.79 Å². The molecule has 0 bridgehead atoms. The molecule has 0 aliphatic carbocycles. The number of carbonyl (C=O) groups is 1. The van der Waals surface area contributed by atoms with Gasteiger partial charge in [0.1, 0.15) is 0 Å². The largest absolute Gasteiger partial charge is 0.356 e. The molecule has 1 atom stereocenters. The number of amides is 1. The molecule has 0 aliphatic heterocycles. The van der Waals surface area contributed by atoms with Crippen LogP contribution in [0.3, 0.4) is 0 Å². The van der Waals surface area contributed by atoms with Crippen LogP contribution in [0.1, 0.15) is 38.2 Å². The molecule has 1 aromatic carbocycles. The van der Waals surface area contributed by atoms with Crippen molar-refractivity contribution in [1.29, 1.82) is 0 Å². The monoisotopic (exact) mass is 276 g/mol. The smallest absolute Gasteiger partial charge is 0.220 e. The van der Waals surface area contributed by atoms with Crippen molar-refractivity contribution in [2.75, 3.05) is 27.2 Å². The van der Waals surface area contributed by atoms with Crippen molar-refractivity contribution in [3.63, 3.8) is 0 Å². The van der Waals surface area contributed by atoms with Crippen molar-refractivity contribution < 1.29 is 4.79 Å². The number of hydrogen-bond acceptors (Lipinski definition) is 2. The van der Waals surface area contributed by atoms with Crippen LogP contribution in [0.2, 0.25) is 0 Å². The summed E-state index contributed by atoms with van der Waals surface area (Å²) in [5.41, 5.74) is 1.26. The van der Waals surface area contributed by atoms with Crippen molar-refractivity contribution in [2.45, 2.75) is 32.6 Å². The van der Waals surface area contributed by atoms with Crippen LogP contribution in [0.5, 0.6) is 0 Å². The Morgan fingerprint density at radius 1 is 1.20 bits per heavy atom. The summed E-state index contributed by atoms with van der Waals surface area (Å²) in [7, 11) is 4.10. The van der Waals surface area contributed by atoms with E-state index in [9.17, 15) is 4.79 Å². The van der Waals surface area contributed by atoms with Gasteiger partial charge in [-0.25, -0.2) is 0 Å². The van der Waals surface area contributed by atoms with Gasteiger partial charge in [0.05, 0.1) is 0 Å². The Balaban J connectivity index is 2.44. The first-order chi connectivity index (χ1) is 9.50. The van der Waals surface area contributed by atoms with E-state index in [1.54, 1.807) is 0 Å². The molecule has 0 unspecified atom stereocenters. The van der Waals surface area contributed by atoms with Crippen molar-refractivity contribution >= 4 is 5.91 Å². The molecule has 0 heterocycles. The highest BCUT2D eigenvalue weighted by Gasteiger charge is 2.19. The zero-order chi connectivity index (χ0) is 15.0. The average Bonchev–Trinajstić information content (AvgIpc) is 2.41. The molecule has 20 heavy (non-hydrogen) atoms. The molecule has 1 amide bonds. The van der Waals surface area contributed by atoms with Crippen molar-refractivity contribution in [3.05, 3.63) is 35.9 Å². The Morgan fingerprint density at radius 2 is 1.85 bits per heavy atom. The van der Waals surface area contributed by atoms with Gasteiger partial charge in [0, 0.05) is 13.0 Å². The number of carbonyl (C=O) groups excluding carboxylic acids is 1. The minimum Gasteiger partial charge on any atom is -0.356 e. The third kappa shape index (κ3) is 6.20. The first-order valence-corrected chi connectivity index (χ1v) is 7.47. The summed E-state index contributed by atoms with van der Waals surface area (Å²) in [6, 6.07) is 10.3. The number of rotatable bonds is 8. The van der Waals surface area contributed by atoms with Crippen LogP contribution in [-0.4, -0.2) is 38.0 Å². The quantitative estimate of drug-likeness (QED) is 0.741. The van der Waals surface area contributed by atoms with E-state index in [4.69, 9.17) is 0 Å². The highest BCUT2D eigenvalue weighted by atomic mass is 16.1. The van der Waals surface area contributed by atoms with Gasteiger partial charge in [-0.05, 0) is 44.5 Å². The lowest BCUT2D eigenvalue weighted by molar-refractivity contribution is -0.121. The second-order valence-corrected chi connectivity index (χ2v) is 5.97. The van der Waals surface area contributed by atoms with E-state index >= 15 is 0 Å².